The molecule has 6 heteroatoms. The van der Waals surface area contributed by atoms with Crippen molar-refractivity contribution in [3.05, 3.63) is 12.2 Å². The Balaban J connectivity index is 1.99. The number of rotatable bonds is 5. The molecule has 0 aliphatic carbocycles. The first-order valence-corrected chi connectivity index (χ1v) is 6.46. The summed E-state index contributed by atoms with van der Waals surface area (Å²) in [7, 11) is 1.56. The van der Waals surface area contributed by atoms with Crippen molar-refractivity contribution in [2.24, 2.45) is 0 Å². The number of aliphatic hydroxyl groups excluding tert-OH is 2. The molecule has 0 aromatic heterocycles. The van der Waals surface area contributed by atoms with Gasteiger partial charge in [0.25, 0.3) is 0 Å². The van der Waals surface area contributed by atoms with E-state index in [4.69, 9.17) is 24.1 Å². The Bertz CT molecular complexity index is 329. The molecule has 2 saturated heterocycles. The average molecular weight is 274 g/mol. The van der Waals surface area contributed by atoms with Crippen LogP contribution < -0.4 is 0 Å². The summed E-state index contributed by atoms with van der Waals surface area (Å²) in [6.45, 7) is 3.59. The first kappa shape index (κ1) is 14.9. The smallest absolute Gasteiger partial charge is 0.190 e. The van der Waals surface area contributed by atoms with Gasteiger partial charge in [0.1, 0.15) is 18.3 Å². The molecule has 0 radical (unpaired) electrons. The summed E-state index contributed by atoms with van der Waals surface area (Å²) < 4.78 is 22.5. The van der Waals surface area contributed by atoms with Crippen molar-refractivity contribution < 1.29 is 29.2 Å². The van der Waals surface area contributed by atoms with E-state index in [0.717, 1.165) is 0 Å². The Labute approximate surface area is 112 Å². The summed E-state index contributed by atoms with van der Waals surface area (Å²) in [5, 5.41) is 18.8. The maximum absolute atomic E-state index is 10.1. The van der Waals surface area contributed by atoms with E-state index in [2.05, 4.69) is 0 Å². The zero-order chi connectivity index (χ0) is 14.0. The monoisotopic (exact) mass is 274 g/mol. The molecule has 6 nitrogen and oxygen atoms in total. The lowest BCUT2D eigenvalue weighted by Crippen LogP contribution is -2.42. The molecule has 0 amide bonds. The molecule has 5 atom stereocenters. The standard InChI is InChI=1S/C13H22O6/c1-13(2)18-11-10(16-3)9(17-12(11)19-13)8(15)6-4-5-7-14/h4-5,8-12,14-15H,6-7H2,1-3H3/b5-4-/t8-,9-,10+,11-,12-/m1/s1. The third-order valence-corrected chi connectivity index (χ3v) is 3.33. The van der Waals surface area contributed by atoms with Crippen LogP contribution in [-0.4, -0.2) is 60.4 Å². The number of methoxy groups -OCH3 is 1. The Kier molecular flexibility index (Phi) is 4.60. The minimum Gasteiger partial charge on any atom is -0.392 e. The summed E-state index contributed by atoms with van der Waals surface area (Å²) in [4.78, 5) is 0. The Morgan fingerprint density at radius 1 is 1.32 bits per heavy atom. The van der Waals surface area contributed by atoms with Gasteiger partial charge in [-0.15, -0.1) is 0 Å². The summed E-state index contributed by atoms with van der Waals surface area (Å²) in [6, 6.07) is 0. The summed E-state index contributed by atoms with van der Waals surface area (Å²) >= 11 is 0. The van der Waals surface area contributed by atoms with Gasteiger partial charge in [0.15, 0.2) is 12.1 Å². The molecule has 0 bridgehead atoms. The minimum absolute atomic E-state index is 0.0440. The quantitative estimate of drug-likeness (QED) is 0.696. The molecule has 2 aliphatic rings. The fourth-order valence-corrected chi connectivity index (χ4v) is 2.53. The molecule has 0 aromatic rings. The van der Waals surface area contributed by atoms with Crippen molar-refractivity contribution in [3.8, 4) is 0 Å². The molecule has 19 heavy (non-hydrogen) atoms. The summed E-state index contributed by atoms with van der Waals surface area (Å²) in [6.07, 6.45) is 1.23. The number of hydrogen-bond acceptors (Lipinski definition) is 6. The van der Waals surface area contributed by atoms with Crippen LogP contribution in [0.15, 0.2) is 12.2 Å². The predicted molar refractivity (Wildman–Crippen MR) is 66.3 cm³/mol. The van der Waals surface area contributed by atoms with Crippen LogP contribution in [-0.2, 0) is 18.9 Å². The Hall–Kier alpha value is -0.500. The second-order valence-corrected chi connectivity index (χ2v) is 5.23. The fraction of sp³-hybridized carbons (Fsp3) is 0.846. The minimum atomic E-state index is -0.728. The van der Waals surface area contributed by atoms with Crippen molar-refractivity contribution >= 4 is 0 Å². The molecule has 2 rings (SSSR count). The molecular formula is C13H22O6. The van der Waals surface area contributed by atoms with Crippen LogP contribution in [0.1, 0.15) is 20.3 Å². The highest BCUT2D eigenvalue weighted by atomic mass is 16.8. The second kappa shape index (κ2) is 5.87. The number of fused-ring (bicyclic) bond motifs is 1. The molecular weight excluding hydrogens is 252 g/mol. The van der Waals surface area contributed by atoms with Gasteiger partial charge < -0.3 is 29.2 Å². The summed E-state index contributed by atoms with van der Waals surface area (Å²) in [5.74, 6) is -0.696. The molecule has 0 saturated carbocycles. The van der Waals surface area contributed by atoms with Crippen LogP contribution in [0.4, 0.5) is 0 Å². The topological polar surface area (TPSA) is 77.4 Å². The predicted octanol–water partition coefficient (Wildman–Crippen LogP) is 0.177. The van der Waals surface area contributed by atoms with Crippen molar-refractivity contribution in [2.45, 2.75) is 56.8 Å². The number of aliphatic hydroxyl groups is 2. The van der Waals surface area contributed by atoms with Crippen molar-refractivity contribution in [3.63, 3.8) is 0 Å². The summed E-state index contributed by atoms with van der Waals surface area (Å²) in [5.41, 5.74) is 0. The van der Waals surface area contributed by atoms with Crippen molar-refractivity contribution in [1.29, 1.82) is 0 Å². The van der Waals surface area contributed by atoms with E-state index in [1.54, 1.807) is 19.3 Å². The molecule has 2 heterocycles. The molecule has 2 fully saturated rings. The van der Waals surface area contributed by atoms with Gasteiger partial charge in [-0.05, 0) is 20.3 Å². The lowest BCUT2D eigenvalue weighted by molar-refractivity contribution is -0.227. The maximum Gasteiger partial charge on any atom is 0.190 e. The fourth-order valence-electron chi connectivity index (χ4n) is 2.53. The number of hydrogen-bond donors (Lipinski definition) is 2. The van der Waals surface area contributed by atoms with Crippen LogP contribution >= 0.6 is 0 Å². The van der Waals surface area contributed by atoms with E-state index in [1.165, 1.54) is 0 Å². The molecule has 0 spiro atoms. The lowest BCUT2D eigenvalue weighted by Gasteiger charge is -2.27. The van der Waals surface area contributed by atoms with E-state index in [-0.39, 0.29) is 18.8 Å². The lowest BCUT2D eigenvalue weighted by atomic mass is 10.0. The molecule has 110 valence electrons. The first-order chi connectivity index (χ1) is 8.98. The average Bonchev–Trinajstić information content (AvgIpc) is 2.80. The van der Waals surface area contributed by atoms with Gasteiger partial charge in [-0.2, -0.15) is 0 Å². The van der Waals surface area contributed by atoms with E-state index >= 15 is 0 Å². The van der Waals surface area contributed by atoms with Crippen LogP contribution in [0.5, 0.6) is 0 Å². The molecule has 2 aliphatic heterocycles. The first-order valence-electron chi connectivity index (χ1n) is 6.46. The van der Waals surface area contributed by atoms with Gasteiger partial charge in [-0.25, -0.2) is 0 Å². The van der Waals surface area contributed by atoms with Crippen LogP contribution in [0, 0.1) is 0 Å². The molecule has 0 aromatic carbocycles. The normalized spacial score (nSPS) is 38.8. The van der Waals surface area contributed by atoms with E-state index in [0.29, 0.717) is 6.42 Å². The second-order valence-electron chi connectivity index (χ2n) is 5.23. The van der Waals surface area contributed by atoms with Gasteiger partial charge in [0.2, 0.25) is 0 Å². The van der Waals surface area contributed by atoms with Crippen LogP contribution in [0.3, 0.4) is 0 Å². The zero-order valence-corrected chi connectivity index (χ0v) is 11.5. The third kappa shape index (κ3) is 3.16. The molecule has 0 unspecified atom stereocenters. The Morgan fingerprint density at radius 3 is 2.68 bits per heavy atom. The Morgan fingerprint density at radius 2 is 2.05 bits per heavy atom. The van der Waals surface area contributed by atoms with Gasteiger partial charge in [-0.3, -0.25) is 0 Å². The van der Waals surface area contributed by atoms with Crippen molar-refractivity contribution in [2.75, 3.05) is 13.7 Å². The van der Waals surface area contributed by atoms with Gasteiger partial charge in [0, 0.05) is 7.11 Å². The van der Waals surface area contributed by atoms with E-state index in [1.807, 2.05) is 13.8 Å². The van der Waals surface area contributed by atoms with Gasteiger partial charge in [0.05, 0.1) is 12.7 Å². The highest BCUT2D eigenvalue weighted by Gasteiger charge is 2.56. The van der Waals surface area contributed by atoms with Gasteiger partial charge in [-0.1, -0.05) is 12.2 Å². The molecule has 2 N–H and O–H groups in total. The largest absolute Gasteiger partial charge is 0.392 e. The van der Waals surface area contributed by atoms with E-state index < -0.39 is 24.3 Å². The van der Waals surface area contributed by atoms with E-state index in [9.17, 15) is 5.11 Å². The third-order valence-electron chi connectivity index (χ3n) is 3.33. The highest BCUT2D eigenvalue weighted by Crippen LogP contribution is 2.39. The maximum atomic E-state index is 10.1. The highest BCUT2D eigenvalue weighted by molar-refractivity contribution is 4.98. The zero-order valence-electron chi connectivity index (χ0n) is 11.5. The van der Waals surface area contributed by atoms with Crippen molar-refractivity contribution in [1.82, 2.24) is 0 Å². The van der Waals surface area contributed by atoms with Crippen LogP contribution in [0.25, 0.3) is 0 Å². The number of ether oxygens (including phenoxy) is 4. The van der Waals surface area contributed by atoms with Gasteiger partial charge >= 0.3 is 0 Å². The SMILES string of the molecule is CO[C@@H]1[C@H]2OC(C)(C)O[C@H]2O[C@@H]1[C@H](O)C/C=C\CO. The van der Waals surface area contributed by atoms with Crippen LogP contribution in [0.2, 0.25) is 0 Å².